The van der Waals surface area contributed by atoms with Crippen molar-refractivity contribution in [2.45, 2.75) is 32.0 Å². The zero-order valence-electron chi connectivity index (χ0n) is 14.8. The number of rotatable bonds is 4. The van der Waals surface area contributed by atoms with E-state index in [1.807, 2.05) is 42.9 Å². The van der Waals surface area contributed by atoms with Crippen LogP contribution >= 0.6 is 12.2 Å². The van der Waals surface area contributed by atoms with Crippen LogP contribution in [-0.4, -0.2) is 30.6 Å². The second-order valence-corrected chi connectivity index (χ2v) is 7.02. The third-order valence-electron chi connectivity index (χ3n) is 4.72. The van der Waals surface area contributed by atoms with Crippen molar-refractivity contribution >= 4 is 17.3 Å². The molecule has 6 heteroatoms. The van der Waals surface area contributed by atoms with Gasteiger partial charge in [-0.25, -0.2) is 0 Å². The maximum Gasteiger partial charge on any atom is 0.170 e. The molecule has 1 aliphatic rings. The summed E-state index contributed by atoms with van der Waals surface area (Å²) in [6.45, 7) is 4.34. The van der Waals surface area contributed by atoms with Gasteiger partial charge in [-0.15, -0.1) is 0 Å². The maximum absolute atomic E-state index is 5.67. The highest BCUT2D eigenvalue weighted by atomic mass is 32.1. The Kier molecular flexibility index (Phi) is 4.42. The van der Waals surface area contributed by atoms with Gasteiger partial charge in [0, 0.05) is 42.2 Å². The first-order chi connectivity index (χ1) is 12.7. The first-order valence-corrected chi connectivity index (χ1v) is 9.15. The lowest BCUT2D eigenvalue weighted by atomic mass is 10.0. The van der Waals surface area contributed by atoms with Crippen LogP contribution in [0.1, 0.15) is 37.3 Å². The second kappa shape index (κ2) is 6.88. The van der Waals surface area contributed by atoms with E-state index in [9.17, 15) is 0 Å². The maximum atomic E-state index is 5.67. The van der Waals surface area contributed by atoms with E-state index in [1.54, 1.807) is 0 Å². The molecular weight excluding hydrogens is 342 g/mol. The number of hydrogen-bond donors (Lipinski definition) is 1. The SMILES string of the molecule is CC(C)N1C(=S)N[C@H](c2ccccn2)[C@@H]1c1cccn1-c1ccncc1. The third kappa shape index (κ3) is 2.86. The molecule has 4 rings (SSSR count). The van der Waals surface area contributed by atoms with Crippen molar-refractivity contribution in [2.24, 2.45) is 0 Å². The van der Waals surface area contributed by atoms with Gasteiger partial charge in [0.2, 0.25) is 0 Å². The van der Waals surface area contributed by atoms with Crippen molar-refractivity contribution in [3.63, 3.8) is 0 Å². The fraction of sp³-hybridized carbons (Fsp3) is 0.250. The van der Waals surface area contributed by atoms with Crippen molar-refractivity contribution in [1.29, 1.82) is 0 Å². The Hall–Kier alpha value is -2.73. The van der Waals surface area contributed by atoms with Gasteiger partial charge in [0.1, 0.15) is 0 Å². The molecular formula is C20H21N5S. The van der Waals surface area contributed by atoms with Gasteiger partial charge < -0.3 is 14.8 Å². The van der Waals surface area contributed by atoms with Gasteiger partial charge in [-0.2, -0.15) is 0 Å². The summed E-state index contributed by atoms with van der Waals surface area (Å²) < 4.78 is 2.20. The Morgan fingerprint density at radius 2 is 1.85 bits per heavy atom. The number of nitrogens with zero attached hydrogens (tertiary/aromatic N) is 4. The molecule has 3 aromatic rings. The number of hydrogen-bond acceptors (Lipinski definition) is 3. The van der Waals surface area contributed by atoms with Gasteiger partial charge in [-0.1, -0.05) is 6.07 Å². The molecule has 2 atom stereocenters. The van der Waals surface area contributed by atoms with E-state index in [0.717, 1.165) is 16.5 Å². The minimum Gasteiger partial charge on any atom is -0.352 e. The highest BCUT2D eigenvalue weighted by Gasteiger charge is 2.42. The molecule has 1 N–H and O–H groups in total. The van der Waals surface area contributed by atoms with Gasteiger partial charge in [0.15, 0.2) is 5.11 Å². The summed E-state index contributed by atoms with van der Waals surface area (Å²) in [6.07, 6.45) is 7.54. The molecule has 0 amide bonds. The van der Waals surface area contributed by atoms with Gasteiger partial charge in [0.25, 0.3) is 0 Å². The number of pyridine rings is 2. The first-order valence-electron chi connectivity index (χ1n) is 8.74. The van der Waals surface area contributed by atoms with Crippen LogP contribution < -0.4 is 5.32 Å². The van der Waals surface area contributed by atoms with Crippen LogP contribution in [0.25, 0.3) is 5.69 Å². The van der Waals surface area contributed by atoms with Crippen molar-refractivity contribution < 1.29 is 0 Å². The summed E-state index contributed by atoms with van der Waals surface area (Å²) in [7, 11) is 0. The molecule has 1 saturated heterocycles. The molecule has 0 spiro atoms. The van der Waals surface area contributed by atoms with Crippen LogP contribution in [0.2, 0.25) is 0 Å². The van der Waals surface area contributed by atoms with E-state index in [4.69, 9.17) is 12.2 Å². The van der Waals surface area contributed by atoms with Crippen LogP contribution in [0.4, 0.5) is 0 Å². The molecule has 0 radical (unpaired) electrons. The van der Waals surface area contributed by atoms with Gasteiger partial charge in [0.05, 0.1) is 17.8 Å². The molecule has 132 valence electrons. The highest BCUT2D eigenvalue weighted by Crippen LogP contribution is 2.40. The predicted molar refractivity (Wildman–Crippen MR) is 106 cm³/mol. The summed E-state index contributed by atoms with van der Waals surface area (Å²) in [5, 5.41) is 4.25. The number of nitrogens with one attached hydrogen (secondary N) is 1. The third-order valence-corrected chi connectivity index (χ3v) is 5.04. The zero-order chi connectivity index (χ0) is 18.1. The Balaban J connectivity index is 1.83. The summed E-state index contributed by atoms with van der Waals surface area (Å²) in [4.78, 5) is 11.0. The normalized spacial score (nSPS) is 19.8. The Bertz CT molecular complexity index is 891. The molecule has 0 aromatic carbocycles. The standard InChI is InChI=1S/C20H21N5S/c1-14(2)25-19(18(23-20(25)26)16-6-3-4-10-22-16)17-7-5-13-24(17)15-8-11-21-12-9-15/h3-14,18-19H,1-2H3,(H,23,26)/t18-,19+/m1/s1. The predicted octanol–water partition coefficient (Wildman–Crippen LogP) is 3.65. The lowest BCUT2D eigenvalue weighted by Crippen LogP contribution is -2.36. The summed E-state index contributed by atoms with van der Waals surface area (Å²) >= 11 is 5.67. The van der Waals surface area contributed by atoms with Crippen LogP contribution in [0.15, 0.2) is 67.3 Å². The molecule has 0 aliphatic carbocycles. The Labute approximate surface area is 158 Å². The fourth-order valence-corrected chi connectivity index (χ4v) is 4.06. The topological polar surface area (TPSA) is 46.0 Å². The fourth-order valence-electron chi connectivity index (χ4n) is 3.61. The summed E-state index contributed by atoms with van der Waals surface area (Å²) in [5.74, 6) is 0. The molecule has 1 aliphatic heterocycles. The molecule has 0 saturated carbocycles. The zero-order valence-corrected chi connectivity index (χ0v) is 15.6. The quantitative estimate of drug-likeness (QED) is 0.717. The molecule has 0 unspecified atom stereocenters. The van der Waals surface area contributed by atoms with Crippen molar-refractivity contribution in [1.82, 2.24) is 24.8 Å². The lowest BCUT2D eigenvalue weighted by molar-refractivity contribution is 0.262. The van der Waals surface area contributed by atoms with Gasteiger partial charge in [-0.3, -0.25) is 9.97 Å². The van der Waals surface area contributed by atoms with E-state index in [-0.39, 0.29) is 18.1 Å². The average molecular weight is 363 g/mol. The highest BCUT2D eigenvalue weighted by molar-refractivity contribution is 7.80. The minimum absolute atomic E-state index is 0.00147. The van der Waals surface area contributed by atoms with Crippen LogP contribution in [-0.2, 0) is 0 Å². The van der Waals surface area contributed by atoms with E-state index >= 15 is 0 Å². The molecule has 3 aromatic heterocycles. The van der Waals surface area contributed by atoms with E-state index < -0.39 is 0 Å². The summed E-state index contributed by atoms with van der Waals surface area (Å²) in [6, 6.07) is 14.6. The first kappa shape index (κ1) is 16.7. The molecule has 0 bridgehead atoms. The van der Waals surface area contributed by atoms with Crippen molar-refractivity contribution in [3.05, 3.63) is 78.6 Å². The Morgan fingerprint density at radius 3 is 2.54 bits per heavy atom. The lowest BCUT2D eigenvalue weighted by Gasteiger charge is -2.31. The smallest absolute Gasteiger partial charge is 0.170 e. The van der Waals surface area contributed by atoms with Crippen molar-refractivity contribution in [2.75, 3.05) is 0 Å². The van der Waals surface area contributed by atoms with Crippen molar-refractivity contribution in [3.8, 4) is 5.69 Å². The van der Waals surface area contributed by atoms with E-state index in [0.29, 0.717) is 0 Å². The van der Waals surface area contributed by atoms with Gasteiger partial charge in [-0.05, 0) is 62.5 Å². The average Bonchev–Trinajstić information content (AvgIpc) is 3.27. The summed E-state index contributed by atoms with van der Waals surface area (Å²) in [5.41, 5.74) is 3.25. The molecule has 4 heterocycles. The monoisotopic (exact) mass is 363 g/mol. The Morgan fingerprint density at radius 1 is 1.04 bits per heavy atom. The van der Waals surface area contributed by atoms with E-state index in [1.165, 1.54) is 5.69 Å². The molecule has 1 fully saturated rings. The molecule has 26 heavy (non-hydrogen) atoms. The van der Waals surface area contributed by atoms with E-state index in [2.05, 4.69) is 63.0 Å². The van der Waals surface area contributed by atoms with Crippen LogP contribution in [0.5, 0.6) is 0 Å². The largest absolute Gasteiger partial charge is 0.352 e. The minimum atomic E-state index is 0.00147. The second-order valence-electron chi connectivity index (χ2n) is 6.64. The van der Waals surface area contributed by atoms with Crippen LogP contribution in [0, 0.1) is 0 Å². The molecule has 5 nitrogen and oxygen atoms in total. The number of thiocarbonyl (C=S) groups is 1. The number of aromatic nitrogens is 3. The van der Waals surface area contributed by atoms with Gasteiger partial charge >= 0.3 is 0 Å². The van der Waals surface area contributed by atoms with Crippen LogP contribution in [0.3, 0.4) is 0 Å².